The van der Waals surface area contributed by atoms with Gasteiger partial charge >= 0.3 is 19.1 Å². The number of benzene rings is 1. The minimum atomic E-state index is -2.97. The number of para-hydroxylation sites is 1. The van der Waals surface area contributed by atoms with Crippen LogP contribution in [0.25, 0.3) is 0 Å². The van der Waals surface area contributed by atoms with Crippen molar-refractivity contribution in [3.63, 3.8) is 0 Å². The summed E-state index contributed by atoms with van der Waals surface area (Å²) >= 11 is 0. The molecule has 2 aliphatic heterocycles. The minimum Gasteiger partial charge on any atom is -0.534 e. The van der Waals surface area contributed by atoms with Crippen molar-refractivity contribution >= 4 is 25.0 Å². The van der Waals surface area contributed by atoms with E-state index >= 15 is 0 Å². The number of nitrogens with one attached hydrogen (secondary N) is 1. The number of amides is 1. The SMILES string of the molecule is CC(F)(F)CCC(=O)N[C@H]1Cc2cccc(C(=O)OCOC(=O)CC3CCOCC3)c2OB1O. The Bertz CT molecular complexity index is 888. The van der Waals surface area contributed by atoms with Gasteiger partial charge < -0.3 is 29.2 Å². The molecular weight excluding hydrogens is 455 g/mol. The zero-order valence-electron chi connectivity index (χ0n) is 18.9. The summed E-state index contributed by atoms with van der Waals surface area (Å²) in [5.74, 6) is -5.51. The Morgan fingerprint density at radius 1 is 1.24 bits per heavy atom. The second kappa shape index (κ2) is 11.6. The van der Waals surface area contributed by atoms with Crippen LogP contribution in [0, 0.1) is 5.92 Å². The van der Waals surface area contributed by atoms with E-state index in [0.717, 1.165) is 19.8 Å². The van der Waals surface area contributed by atoms with Crippen LogP contribution in [-0.2, 0) is 30.2 Å². The molecule has 0 spiro atoms. The van der Waals surface area contributed by atoms with Crippen LogP contribution in [0.1, 0.15) is 54.9 Å². The van der Waals surface area contributed by atoms with Gasteiger partial charge in [-0.05, 0) is 43.7 Å². The van der Waals surface area contributed by atoms with Gasteiger partial charge in [0.15, 0.2) is 0 Å². The monoisotopic (exact) mass is 483 g/mol. The van der Waals surface area contributed by atoms with Crippen molar-refractivity contribution in [2.75, 3.05) is 20.0 Å². The molecule has 9 nitrogen and oxygen atoms in total. The van der Waals surface area contributed by atoms with Gasteiger partial charge in [0.05, 0.1) is 5.94 Å². The first-order valence-corrected chi connectivity index (χ1v) is 11.2. The van der Waals surface area contributed by atoms with E-state index in [2.05, 4.69) is 5.32 Å². The van der Waals surface area contributed by atoms with E-state index in [-0.39, 0.29) is 30.1 Å². The van der Waals surface area contributed by atoms with Gasteiger partial charge in [-0.2, -0.15) is 0 Å². The highest BCUT2D eigenvalue weighted by Gasteiger charge is 2.38. The fraction of sp³-hybridized carbons (Fsp3) is 0.591. The molecule has 1 amide bonds. The Labute approximate surface area is 196 Å². The van der Waals surface area contributed by atoms with Crippen molar-refractivity contribution in [3.05, 3.63) is 29.3 Å². The third-order valence-corrected chi connectivity index (χ3v) is 5.68. The second-order valence-corrected chi connectivity index (χ2v) is 8.58. The van der Waals surface area contributed by atoms with E-state index in [0.29, 0.717) is 18.8 Å². The van der Waals surface area contributed by atoms with E-state index in [1.165, 1.54) is 6.07 Å². The zero-order chi connectivity index (χ0) is 24.7. The predicted octanol–water partition coefficient (Wildman–Crippen LogP) is 2.04. The Hall–Kier alpha value is -2.73. The molecule has 186 valence electrons. The first kappa shape index (κ1) is 25.9. The molecule has 12 heteroatoms. The number of esters is 2. The van der Waals surface area contributed by atoms with Crippen molar-refractivity contribution in [2.24, 2.45) is 5.92 Å². The standard InChI is InChI=1S/C22H28BF2NO8/c1-22(24,25)8-5-18(27)26-17-12-15-3-2-4-16(20(15)34-23(17)30)21(29)33-13-32-19(28)11-14-6-9-31-10-7-14/h2-4,14,17,30H,5-13H2,1H3,(H,26,27)/t17-/m0/s1. The maximum absolute atomic E-state index is 13.0. The van der Waals surface area contributed by atoms with Crippen LogP contribution < -0.4 is 9.97 Å². The number of rotatable bonds is 9. The fourth-order valence-electron chi connectivity index (χ4n) is 3.79. The predicted molar refractivity (Wildman–Crippen MR) is 115 cm³/mol. The summed E-state index contributed by atoms with van der Waals surface area (Å²) in [4.78, 5) is 36.4. The zero-order valence-corrected chi connectivity index (χ0v) is 18.9. The highest BCUT2D eigenvalue weighted by atomic mass is 19.3. The molecule has 2 N–H and O–H groups in total. The molecule has 1 saturated heterocycles. The van der Waals surface area contributed by atoms with Gasteiger partial charge in [0.2, 0.25) is 18.6 Å². The molecule has 2 aliphatic rings. The fourth-order valence-corrected chi connectivity index (χ4v) is 3.79. The van der Waals surface area contributed by atoms with Gasteiger partial charge in [0, 0.05) is 32.5 Å². The number of halogens is 2. The molecule has 0 radical (unpaired) electrons. The molecule has 1 atom stereocenters. The highest BCUT2D eigenvalue weighted by molar-refractivity contribution is 6.47. The third kappa shape index (κ3) is 7.66. The number of hydrogen-bond acceptors (Lipinski definition) is 8. The number of carbonyl (C=O) groups is 3. The molecule has 0 unspecified atom stereocenters. The average molecular weight is 483 g/mol. The lowest BCUT2D eigenvalue weighted by Crippen LogP contribution is -2.53. The molecule has 1 aromatic carbocycles. The normalized spacial score (nSPS) is 18.5. The molecule has 34 heavy (non-hydrogen) atoms. The van der Waals surface area contributed by atoms with Crippen LogP contribution in [0.4, 0.5) is 8.78 Å². The van der Waals surface area contributed by atoms with Gasteiger partial charge in [0.25, 0.3) is 0 Å². The van der Waals surface area contributed by atoms with Crippen LogP contribution in [-0.4, -0.2) is 61.9 Å². The first-order chi connectivity index (χ1) is 16.1. The summed E-state index contributed by atoms with van der Waals surface area (Å²) in [6, 6.07) is 4.65. The van der Waals surface area contributed by atoms with E-state index in [1.807, 2.05) is 0 Å². The van der Waals surface area contributed by atoms with Crippen LogP contribution >= 0.6 is 0 Å². The van der Waals surface area contributed by atoms with Crippen molar-refractivity contribution in [2.45, 2.75) is 57.3 Å². The molecule has 0 aliphatic carbocycles. The van der Waals surface area contributed by atoms with E-state index in [1.54, 1.807) is 12.1 Å². The van der Waals surface area contributed by atoms with Crippen LogP contribution in [0.3, 0.4) is 0 Å². The van der Waals surface area contributed by atoms with Crippen molar-refractivity contribution in [3.8, 4) is 5.75 Å². The largest absolute Gasteiger partial charge is 0.547 e. The van der Waals surface area contributed by atoms with E-state index < -0.39 is 56.5 Å². The molecule has 0 bridgehead atoms. The summed E-state index contributed by atoms with van der Waals surface area (Å²) in [5.41, 5.74) is 0.537. The molecule has 2 heterocycles. The quantitative estimate of drug-likeness (QED) is 0.311. The number of alkyl halides is 2. The van der Waals surface area contributed by atoms with Gasteiger partial charge in [0.1, 0.15) is 11.3 Å². The highest BCUT2D eigenvalue weighted by Crippen LogP contribution is 2.31. The first-order valence-electron chi connectivity index (χ1n) is 11.2. The van der Waals surface area contributed by atoms with Gasteiger partial charge in [-0.3, -0.25) is 9.59 Å². The number of ether oxygens (including phenoxy) is 3. The molecule has 1 fully saturated rings. The molecule has 0 aromatic heterocycles. The Kier molecular flexibility index (Phi) is 8.84. The van der Waals surface area contributed by atoms with E-state index in [4.69, 9.17) is 18.9 Å². The van der Waals surface area contributed by atoms with Crippen LogP contribution in [0.5, 0.6) is 5.75 Å². The lowest BCUT2D eigenvalue weighted by molar-refractivity contribution is -0.154. The van der Waals surface area contributed by atoms with Crippen LogP contribution in [0.15, 0.2) is 18.2 Å². The minimum absolute atomic E-state index is 0.0208. The van der Waals surface area contributed by atoms with Crippen molar-refractivity contribution in [1.82, 2.24) is 5.32 Å². The van der Waals surface area contributed by atoms with Gasteiger partial charge in [-0.25, -0.2) is 13.6 Å². The molecular formula is C22H28BF2NO8. The summed E-state index contributed by atoms with van der Waals surface area (Å²) in [6.07, 6.45) is 0.869. The lowest BCUT2D eigenvalue weighted by Gasteiger charge is -2.29. The molecule has 0 saturated carbocycles. The Morgan fingerprint density at radius 2 is 1.97 bits per heavy atom. The Morgan fingerprint density at radius 3 is 2.68 bits per heavy atom. The number of hydrogen-bond donors (Lipinski definition) is 2. The lowest BCUT2D eigenvalue weighted by atomic mass is 9.72. The average Bonchev–Trinajstić information content (AvgIpc) is 2.78. The topological polar surface area (TPSA) is 120 Å². The summed E-state index contributed by atoms with van der Waals surface area (Å²) in [7, 11) is -1.50. The summed E-state index contributed by atoms with van der Waals surface area (Å²) in [5, 5.41) is 12.8. The van der Waals surface area contributed by atoms with Crippen LogP contribution in [0.2, 0.25) is 0 Å². The van der Waals surface area contributed by atoms with Gasteiger partial charge in [-0.1, -0.05) is 12.1 Å². The third-order valence-electron chi connectivity index (χ3n) is 5.68. The maximum atomic E-state index is 13.0. The summed E-state index contributed by atoms with van der Waals surface area (Å²) in [6.45, 7) is 1.38. The molecule has 1 aromatic rings. The molecule has 3 rings (SSSR count). The van der Waals surface area contributed by atoms with Crippen molar-refractivity contribution in [1.29, 1.82) is 0 Å². The van der Waals surface area contributed by atoms with Crippen molar-refractivity contribution < 1.29 is 47.1 Å². The number of fused-ring (bicyclic) bond motifs is 1. The van der Waals surface area contributed by atoms with Gasteiger partial charge in [-0.15, -0.1) is 0 Å². The summed E-state index contributed by atoms with van der Waals surface area (Å²) < 4.78 is 46.6. The van der Waals surface area contributed by atoms with E-state index in [9.17, 15) is 28.2 Å². The second-order valence-electron chi connectivity index (χ2n) is 8.58. The maximum Gasteiger partial charge on any atom is 0.547 e. The Balaban J connectivity index is 1.51. The smallest absolute Gasteiger partial charge is 0.534 e. The number of carbonyl (C=O) groups excluding carboxylic acids is 3.